The average Bonchev–Trinajstić information content (AvgIpc) is 2.94. The van der Waals surface area contributed by atoms with Gasteiger partial charge in [-0.05, 0) is 50.5 Å². The third kappa shape index (κ3) is 3.69. The van der Waals surface area contributed by atoms with Crippen LogP contribution in [-0.2, 0) is 4.79 Å². The predicted octanol–water partition coefficient (Wildman–Crippen LogP) is 1.46. The fourth-order valence-electron chi connectivity index (χ4n) is 3.81. The van der Waals surface area contributed by atoms with E-state index in [2.05, 4.69) is 5.73 Å². The van der Waals surface area contributed by atoms with Gasteiger partial charge in [0.2, 0.25) is 0 Å². The highest BCUT2D eigenvalue weighted by molar-refractivity contribution is 6.25. The largest absolute Gasteiger partial charge is 0.481 e. The van der Waals surface area contributed by atoms with E-state index in [9.17, 15) is 14.3 Å². The van der Waals surface area contributed by atoms with Crippen molar-refractivity contribution < 1.29 is 19.3 Å². The summed E-state index contributed by atoms with van der Waals surface area (Å²) in [5.41, 5.74) is 4.50. The molecule has 0 aromatic carbocycles. The summed E-state index contributed by atoms with van der Waals surface area (Å²) in [6.07, 6.45) is 3.34. The lowest BCUT2D eigenvalue weighted by Crippen LogP contribution is -2.22. The molecule has 19 heavy (non-hydrogen) atoms. The second-order valence-corrected chi connectivity index (χ2v) is 5.38. The molecule has 0 bridgehead atoms. The van der Waals surface area contributed by atoms with Gasteiger partial charge < -0.3 is 15.9 Å². The lowest BCUT2D eigenvalue weighted by molar-refractivity contribution is -0.143. The standard InChI is InChI=1S/C12H19BFO3.CH5N/c14-11-4-3-8-7(2-1-5-13-17)10(12(15)16)6-9(8)11;1-2/h7-11,17H,1-6H2,(H,15,16);2H2,1H3. The molecular weight excluding hydrogens is 248 g/mol. The van der Waals surface area contributed by atoms with Crippen LogP contribution in [-0.4, -0.2) is 36.8 Å². The van der Waals surface area contributed by atoms with Gasteiger partial charge in [0.15, 0.2) is 0 Å². The highest BCUT2D eigenvalue weighted by Crippen LogP contribution is 2.53. The van der Waals surface area contributed by atoms with Gasteiger partial charge in [0, 0.05) is 0 Å². The van der Waals surface area contributed by atoms with Crippen LogP contribution in [0, 0.1) is 23.7 Å². The molecule has 0 aromatic rings. The van der Waals surface area contributed by atoms with Gasteiger partial charge in [0.25, 0.3) is 7.48 Å². The van der Waals surface area contributed by atoms with E-state index in [0.717, 1.165) is 26.7 Å². The summed E-state index contributed by atoms with van der Waals surface area (Å²) in [5.74, 6) is -0.811. The van der Waals surface area contributed by atoms with Gasteiger partial charge >= 0.3 is 5.97 Å². The van der Waals surface area contributed by atoms with Crippen molar-refractivity contribution in [3.05, 3.63) is 0 Å². The summed E-state index contributed by atoms with van der Waals surface area (Å²) in [4.78, 5) is 11.2. The topological polar surface area (TPSA) is 83.6 Å². The smallest absolute Gasteiger partial charge is 0.306 e. The molecule has 0 aliphatic heterocycles. The van der Waals surface area contributed by atoms with Crippen LogP contribution in [0.5, 0.6) is 0 Å². The molecule has 2 aliphatic carbocycles. The van der Waals surface area contributed by atoms with Crippen molar-refractivity contribution in [3.8, 4) is 0 Å². The molecule has 1 radical (unpaired) electrons. The summed E-state index contributed by atoms with van der Waals surface area (Å²) in [7, 11) is 2.62. The van der Waals surface area contributed by atoms with Crippen molar-refractivity contribution in [2.75, 3.05) is 7.05 Å². The van der Waals surface area contributed by atoms with Crippen molar-refractivity contribution >= 4 is 13.5 Å². The summed E-state index contributed by atoms with van der Waals surface area (Å²) in [6, 6.07) is 0. The van der Waals surface area contributed by atoms with E-state index in [1.807, 2.05) is 0 Å². The van der Waals surface area contributed by atoms with E-state index in [1.165, 1.54) is 7.05 Å². The Balaban J connectivity index is 0.000000861. The van der Waals surface area contributed by atoms with Crippen molar-refractivity contribution in [2.45, 2.75) is 44.6 Å². The molecule has 109 valence electrons. The number of halogens is 1. The van der Waals surface area contributed by atoms with Crippen LogP contribution in [0.3, 0.4) is 0 Å². The van der Waals surface area contributed by atoms with Crippen LogP contribution in [0.25, 0.3) is 0 Å². The van der Waals surface area contributed by atoms with E-state index in [1.54, 1.807) is 0 Å². The quantitative estimate of drug-likeness (QED) is 0.522. The first kappa shape index (κ1) is 16.4. The molecule has 0 spiro atoms. The Morgan fingerprint density at radius 1 is 1.37 bits per heavy atom. The highest BCUT2D eigenvalue weighted by Gasteiger charge is 2.51. The lowest BCUT2D eigenvalue weighted by atomic mass is 9.81. The van der Waals surface area contributed by atoms with Crippen LogP contribution in [0.1, 0.15) is 32.1 Å². The zero-order valence-corrected chi connectivity index (χ0v) is 11.5. The number of aliphatic carboxylic acids is 1. The Morgan fingerprint density at radius 3 is 2.63 bits per heavy atom. The molecule has 0 saturated heterocycles. The molecule has 6 heteroatoms. The number of rotatable bonds is 5. The minimum Gasteiger partial charge on any atom is -0.481 e. The van der Waals surface area contributed by atoms with Crippen molar-refractivity contribution in [1.82, 2.24) is 0 Å². The van der Waals surface area contributed by atoms with Crippen molar-refractivity contribution in [2.24, 2.45) is 29.4 Å². The maximum Gasteiger partial charge on any atom is 0.306 e. The molecule has 0 heterocycles. The Bertz CT molecular complexity index is 293. The molecule has 4 N–H and O–H groups in total. The number of carboxylic acid groups (broad SMARTS) is 1. The Kier molecular flexibility index (Phi) is 6.79. The lowest BCUT2D eigenvalue weighted by Gasteiger charge is -2.21. The minimum absolute atomic E-state index is 0.0285. The number of hydrogen-bond donors (Lipinski definition) is 3. The summed E-state index contributed by atoms with van der Waals surface area (Å²) >= 11 is 0. The van der Waals surface area contributed by atoms with Crippen LogP contribution >= 0.6 is 0 Å². The van der Waals surface area contributed by atoms with Crippen LogP contribution in [0.4, 0.5) is 4.39 Å². The van der Waals surface area contributed by atoms with E-state index < -0.39 is 12.1 Å². The summed E-state index contributed by atoms with van der Waals surface area (Å²) in [6.45, 7) is 0. The second kappa shape index (κ2) is 7.85. The number of carboxylic acids is 1. The van der Waals surface area contributed by atoms with E-state index in [-0.39, 0.29) is 23.7 Å². The van der Waals surface area contributed by atoms with Crippen molar-refractivity contribution in [3.63, 3.8) is 0 Å². The van der Waals surface area contributed by atoms with Gasteiger partial charge in [-0.15, -0.1) is 0 Å². The third-order valence-corrected chi connectivity index (χ3v) is 4.57. The molecule has 2 rings (SSSR count). The van der Waals surface area contributed by atoms with Crippen LogP contribution in [0.2, 0.25) is 6.32 Å². The first-order valence-electron chi connectivity index (χ1n) is 7.05. The number of nitrogens with two attached hydrogens (primary N) is 1. The SMILES string of the molecule is CN.O=C(O)C1CC2C(F)CCC2C1CCC[B]O. The van der Waals surface area contributed by atoms with Gasteiger partial charge in [0.1, 0.15) is 6.17 Å². The predicted molar refractivity (Wildman–Crippen MR) is 72.5 cm³/mol. The average molecular weight is 272 g/mol. The number of fused-ring (bicyclic) bond motifs is 1. The molecule has 5 unspecified atom stereocenters. The number of alkyl halides is 1. The molecule has 2 aliphatic rings. The highest BCUT2D eigenvalue weighted by atomic mass is 19.1. The first-order valence-corrected chi connectivity index (χ1v) is 7.05. The first-order chi connectivity index (χ1) is 9.15. The van der Waals surface area contributed by atoms with Gasteiger partial charge in [-0.2, -0.15) is 0 Å². The molecule has 4 nitrogen and oxygen atoms in total. The number of carbonyl (C=O) groups is 1. The summed E-state index contributed by atoms with van der Waals surface area (Å²) in [5, 5.41) is 17.8. The zero-order chi connectivity index (χ0) is 14.4. The summed E-state index contributed by atoms with van der Waals surface area (Å²) < 4.78 is 13.6. The molecule has 2 fully saturated rings. The maximum atomic E-state index is 13.6. The number of hydrogen-bond acceptors (Lipinski definition) is 3. The maximum absolute atomic E-state index is 13.6. The minimum atomic E-state index is -0.795. The van der Waals surface area contributed by atoms with Gasteiger partial charge in [0.05, 0.1) is 5.92 Å². The second-order valence-electron chi connectivity index (χ2n) is 5.38. The Hall–Kier alpha value is -0.615. The molecule has 0 amide bonds. The molecular formula is C13H24BFNO3. The van der Waals surface area contributed by atoms with Crippen LogP contribution in [0.15, 0.2) is 0 Å². The van der Waals surface area contributed by atoms with Gasteiger partial charge in [-0.25, -0.2) is 4.39 Å². The Labute approximate surface area is 114 Å². The molecule has 2 saturated carbocycles. The fraction of sp³-hybridized carbons (Fsp3) is 0.923. The van der Waals surface area contributed by atoms with Gasteiger partial charge in [-0.3, -0.25) is 4.79 Å². The monoisotopic (exact) mass is 272 g/mol. The van der Waals surface area contributed by atoms with E-state index in [4.69, 9.17) is 5.02 Å². The molecule has 0 aromatic heterocycles. The fourth-order valence-corrected chi connectivity index (χ4v) is 3.81. The van der Waals surface area contributed by atoms with Gasteiger partial charge in [-0.1, -0.05) is 12.7 Å². The Morgan fingerprint density at radius 2 is 2.05 bits per heavy atom. The molecule has 5 atom stereocenters. The third-order valence-electron chi connectivity index (χ3n) is 4.57. The zero-order valence-electron chi connectivity index (χ0n) is 11.5. The van der Waals surface area contributed by atoms with E-state index >= 15 is 0 Å². The van der Waals surface area contributed by atoms with Crippen LogP contribution < -0.4 is 5.73 Å². The normalized spacial score (nSPS) is 36.3. The van der Waals surface area contributed by atoms with Crippen molar-refractivity contribution in [1.29, 1.82) is 0 Å². The van der Waals surface area contributed by atoms with E-state index in [0.29, 0.717) is 19.2 Å².